The first-order valence-electron chi connectivity index (χ1n) is 10.3. The summed E-state index contributed by atoms with van der Waals surface area (Å²) in [4.78, 5) is 4.93. The fourth-order valence-electron chi connectivity index (χ4n) is 3.62. The maximum Gasteiger partial charge on any atom is 0.244 e. The summed E-state index contributed by atoms with van der Waals surface area (Å²) in [7, 11) is -2.11. The van der Waals surface area contributed by atoms with Crippen LogP contribution < -0.4 is 14.4 Å². The van der Waals surface area contributed by atoms with Crippen LogP contribution in [0.3, 0.4) is 0 Å². The number of anilines is 1. The Morgan fingerprint density at radius 3 is 2.40 bits per heavy atom. The van der Waals surface area contributed by atoms with Gasteiger partial charge in [0, 0.05) is 43.4 Å². The lowest BCUT2D eigenvalue weighted by molar-refractivity contribution is 0.255. The van der Waals surface area contributed by atoms with Gasteiger partial charge in [-0.3, -0.25) is 4.90 Å². The maximum atomic E-state index is 12.7. The molecule has 164 valence electrons. The molecule has 1 aliphatic rings. The lowest BCUT2D eigenvalue weighted by Gasteiger charge is -2.36. The molecule has 6 nitrogen and oxygen atoms in total. The number of hydrogen-bond acceptors (Lipinski definition) is 5. The lowest BCUT2D eigenvalue weighted by atomic mass is 10.2. The smallest absolute Gasteiger partial charge is 0.244 e. The second kappa shape index (κ2) is 10.5. The Hall–Kier alpha value is -1.80. The first-order valence-corrected chi connectivity index (χ1v) is 12.2. The first-order chi connectivity index (χ1) is 14.4. The van der Waals surface area contributed by atoms with E-state index in [9.17, 15) is 8.42 Å². The number of methoxy groups -OCH3 is 1. The molecule has 0 atom stereocenters. The van der Waals surface area contributed by atoms with Crippen LogP contribution in [0, 0.1) is 0 Å². The molecule has 0 saturated carbocycles. The highest BCUT2D eigenvalue weighted by Gasteiger charge is 2.20. The van der Waals surface area contributed by atoms with Crippen molar-refractivity contribution in [3.8, 4) is 5.75 Å². The van der Waals surface area contributed by atoms with Gasteiger partial charge < -0.3 is 9.64 Å². The molecule has 1 fully saturated rings. The van der Waals surface area contributed by atoms with E-state index in [2.05, 4.69) is 26.7 Å². The van der Waals surface area contributed by atoms with Crippen molar-refractivity contribution in [1.82, 2.24) is 9.62 Å². The van der Waals surface area contributed by atoms with E-state index in [1.807, 2.05) is 25.1 Å². The number of nitrogens with one attached hydrogen (secondary N) is 1. The predicted molar refractivity (Wildman–Crippen MR) is 122 cm³/mol. The van der Waals surface area contributed by atoms with E-state index in [0.29, 0.717) is 12.3 Å². The van der Waals surface area contributed by atoms with Crippen LogP contribution in [-0.2, 0) is 16.4 Å². The van der Waals surface area contributed by atoms with Gasteiger partial charge in [0.2, 0.25) is 10.0 Å². The van der Waals surface area contributed by atoms with E-state index in [0.717, 1.165) is 56.2 Å². The summed E-state index contributed by atoms with van der Waals surface area (Å²) < 4.78 is 33.4. The van der Waals surface area contributed by atoms with Gasteiger partial charge in [-0.15, -0.1) is 0 Å². The highest BCUT2D eigenvalue weighted by Crippen LogP contribution is 2.25. The first kappa shape index (κ1) is 22.9. The number of ether oxygens (including phenoxy) is 1. The van der Waals surface area contributed by atoms with Gasteiger partial charge in [-0.05, 0) is 61.3 Å². The van der Waals surface area contributed by atoms with Crippen molar-refractivity contribution in [3.63, 3.8) is 0 Å². The zero-order valence-corrected chi connectivity index (χ0v) is 19.2. The second-order valence-corrected chi connectivity index (χ2v) is 9.57. The number of hydrogen-bond donors (Lipinski definition) is 1. The normalized spacial score (nSPS) is 15.4. The molecule has 0 bridgehead atoms. The van der Waals surface area contributed by atoms with Gasteiger partial charge in [0.15, 0.2) is 0 Å². The topological polar surface area (TPSA) is 61.9 Å². The van der Waals surface area contributed by atoms with Crippen LogP contribution in [0.1, 0.15) is 18.9 Å². The maximum absolute atomic E-state index is 12.7. The number of sulfonamides is 1. The summed E-state index contributed by atoms with van der Waals surface area (Å²) in [5.41, 5.74) is 2.16. The molecule has 1 aliphatic heterocycles. The van der Waals surface area contributed by atoms with E-state index in [4.69, 9.17) is 16.3 Å². The van der Waals surface area contributed by atoms with Gasteiger partial charge >= 0.3 is 0 Å². The molecule has 0 spiro atoms. The molecule has 0 amide bonds. The Bertz CT molecular complexity index is 927. The molecule has 2 aromatic rings. The van der Waals surface area contributed by atoms with Gasteiger partial charge in [-0.25, -0.2) is 13.1 Å². The third-order valence-corrected chi connectivity index (χ3v) is 7.17. The van der Waals surface area contributed by atoms with Crippen molar-refractivity contribution in [2.24, 2.45) is 0 Å². The SMILES string of the molecule is CCc1ccc(OC)c(S(=O)(=O)NCCCN2CCN(c3ccc(Cl)cc3)CC2)c1. The minimum Gasteiger partial charge on any atom is -0.495 e. The van der Waals surface area contributed by atoms with Crippen molar-refractivity contribution in [2.75, 3.05) is 51.3 Å². The van der Waals surface area contributed by atoms with Gasteiger partial charge in [-0.1, -0.05) is 24.6 Å². The number of aryl methyl sites for hydroxylation is 1. The van der Waals surface area contributed by atoms with Gasteiger partial charge in [0.05, 0.1) is 7.11 Å². The lowest BCUT2D eigenvalue weighted by Crippen LogP contribution is -2.47. The van der Waals surface area contributed by atoms with E-state index in [1.165, 1.54) is 12.8 Å². The second-order valence-electron chi connectivity index (χ2n) is 7.40. The molecule has 8 heteroatoms. The van der Waals surface area contributed by atoms with Gasteiger partial charge in [-0.2, -0.15) is 0 Å². The fraction of sp³-hybridized carbons (Fsp3) is 0.455. The molecule has 30 heavy (non-hydrogen) atoms. The minimum atomic E-state index is -3.60. The van der Waals surface area contributed by atoms with Crippen molar-refractivity contribution >= 4 is 27.3 Å². The largest absolute Gasteiger partial charge is 0.495 e. The van der Waals surface area contributed by atoms with Crippen molar-refractivity contribution < 1.29 is 13.2 Å². The molecule has 2 aromatic carbocycles. The fourth-order valence-corrected chi connectivity index (χ4v) is 5.04. The number of nitrogens with zero attached hydrogens (tertiary/aromatic N) is 2. The quantitative estimate of drug-likeness (QED) is 0.592. The summed E-state index contributed by atoms with van der Waals surface area (Å²) >= 11 is 5.97. The van der Waals surface area contributed by atoms with Gasteiger partial charge in [0.25, 0.3) is 0 Å². The number of benzene rings is 2. The van der Waals surface area contributed by atoms with Gasteiger partial charge in [0.1, 0.15) is 10.6 Å². The summed E-state index contributed by atoms with van der Waals surface area (Å²) in [6.07, 6.45) is 1.53. The third kappa shape index (κ3) is 5.88. The third-order valence-electron chi connectivity index (χ3n) is 5.43. The standard InChI is InChI=1S/C22H30ClN3O3S/c1-3-18-5-10-21(29-2)22(17-18)30(27,28)24-11-4-12-25-13-15-26(16-14-25)20-8-6-19(23)7-9-20/h5-10,17,24H,3-4,11-16H2,1-2H3. The van der Waals surface area contributed by atoms with Crippen LogP contribution in [0.15, 0.2) is 47.4 Å². The van der Waals surface area contributed by atoms with Crippen molar-refractivity contribution in [2.45, 2.75) is 24.7 Å². The minimum absolute atomic E-state index is 0.209. The monoisotopic (exact) mass is 451 g/mol. The molecule has 0 aromatic heterocycles. The summed E-state index contributed by atoms with van der Waals surface area (Å²) in [5.74, 6) is 0.373. The molecule has 1 saturated heterocycles. The van der Waals surface area contributed by atoms with E-state index in [-0.39, 0.29) is 4.90 Å². The molecular formula is C22H30ClN3O3S. The molecular weight excluding hydrogens is 422 g/mol. The number of halogens is 1. The zero-order chi connectivity index (χ0) is 21.6. The van der Waals surface area contributed by atoms with Crippen LogP contribution in [0.2, 0.25) is 5.02 Å². The zero-order valence-electron chi connectivity index (χ0n) is 17.6. The highest BCUT2D eigenvalue weighted by atomic mass is 35.5. The van der Waals surface area contributed by atoms with Crippen LogP contribution in [0.5, 0.6) is 5.75 Å². The molecule has 0 aliphatic carbocycles. The Morgan fingerprint density at radius 2 is 1.77 bits per heavy atom. The van der Waals surface area contributed by atoms with Crippen LogP contribution >= 0.6 is 11.6 Å². The van der Waals surface area contributed by atoms with E-state index in [1.54, 1.807) is 12.1 Å². The Balaban J connectivity index is 1.46. The van der Waals surface area contributed by atoms with Crippen LogP contribution in [0.4, 0.5) is 5.69 Å². The number of piperazine rings is 1. The van der Waals surface area contributed by atoms with Crippen LogP contribution in [-0.4, -0.2) is 59.7 Å². The van der Waals surface area contributed by atoms with Crippen LogP contribution in [0.25, 0.3) is 0 Å². The average molecular weight is 452 g/mol. The number of rotatable bonds is 9. The molecule has 0 radical (unpaired) electrons. The summed E-state index contributed by atoms with van der Waals surface area (Å²) in [6, 6.07) is 13.2. The average Bonchev–Trinajstić information content (AvgIpc) is 2.77. The Morgan fingerprint density at radius 1 is 1.07 bits per heavy atom. The van der Waals surface area contributed by atoms with E-state index >= 15 is 0 Å². The molecule has 3 rings (SSSR count). The summed E-state index contributed by atoms with van der Waals surface area (Å²) in [6.45, 7) is 7.09. The van der Waals surface area contributed by atoms with E-state index < -0.39 is 10.0 Å². The molecule has 0 unspecified atom stereocenters. The summed E-state index contributed by atoms with van der Waals surface area (Å²) in [5, 5.41) is 0.749. The predicted octanol–water partition coefficient (Wildman–Crippen LogP) is 3.40. The van der Waals surface area contributed by atoms with Crippen molar-refractivity contribution in [3.05, 3.63) is 53.1 Å². The molecule has 1 N–H and O–H groups in total. The van der Waals surface area contributed by atoms with Crippen molar-refractivity contribution in [1.29, 1.82) is 0 Å². The Kier molecular flexibility index (Phi) is 7.99. The molecule has 1 heterocycles. The Labute approximate surface area is 184 Å². The highest BCUT2D eigenvalue weighted by molar-refractivity contribution is 7.89.